The molecule has 0 saturated carbocycles. The molecule has 134 valence electrons. The Labute approximate surface area is 154 Å². The summed E-state index contributed by atoms with van der Waals surface area (Å²) in [5.41, 5.74) is -0.417. The first kappa shape index (κ1) is 18.0. The molecule has 1 amide bonds. The van der Waals surface area contributed by atoms with Crippen molar-refractivity contribution >= 4 is 34.4 Å². The highest BCUT2D eigenvalue weighted by molar-refractivity contribution is 6.31. The van der Waals surface area contributed by atoms with Gasteiger partial charge in [0.1, 0.15) is 5.69 Å². The van der Waals surface area contributed by atoms with E-state index in [4.69, 9.17) is 16.7 Å². The highest BCUT2D eigenvalue weighted by atomic mass is 35.5. The molecule has 0 bridgehead atoms. The number of hydrogen-bond donors (Lipinski definition) is 4. The SMILES string of the molecule is O=C(O)CCC(O)(NC(=O)c1cc2cc(Cl)ccc2[nH]1)c1ccccc1. The molecule has 0 saturated heterocycles. The van der Waals surface area contributed by atoms with E-state index < -0.39 is 17.6 Å². The summed E-state index contributed by atoms with van der Waals surface area (Å²) in [7, 11) is 0. The zero-order valence-corrected chi connectivity index (χ0v) is 14.5. The number of halogens is 1. The molecule has 1 atom stereocenters. The second kappa shape index (κ2) is 7.19. The first-order chi connectivity index (χ1) is 12.4. The van der Waals surface area contributed by atoms with E-state index >= 15 is 0 Å². The number of amides is 1. The van der Waals surface area contributed by atoms with Crippen LogP contribution in [0.4, 0.5) is 0 Å². The number of carbonyl (C=O) groups excluding carboxylic acids is 1. The van der Waals surface area contributed by atoms with Crippen molar-refractivity contribution in [2.45, 2.75) is 18.6 Å². The molecular formula is C19H17ClN2O4. The smallest absolute Gasteiger partial charge is 0.303 e. The summed E-state index contributed by atoms with van der Waals surface area (Å²) in [4.78, 5) is 26.6. The van der Waals surface area contributed by atoms with E-state index in [9.17, 15) is 14.7 Å². The third kappa shape index (κ3) is 3.87. The maximum absolute atomic E-state index is 12.7. The van der Waals surface area contributed by atoms with Gasteiger partial charge in [-0.25, -0.2) is 0 Å². The lowest BCUT2D eigenvalue weighted by molar-refractivity contribution is -0.139. The van der Waals surface area contributed by atoms with Gasteiger partial charge in [-0.15, -0.1) is 0 Å². The van der Waals surface area contributed by atoms with Gasteiger partial charge in [-0.05, 0) is 24.3 Å². The van der Waals surface area contributed by atoms with Crippen molar-refractivity contribution in [2.24, 2.45) is 0 Å². The molecule has 0 radical (unpaired) electrons. The maximum Gasteiger partial charge on any atom is 0.303 e. The number of H-pyrrole nitrogens is 1. The molecular weight excluding hydrogens is 356 g/mol. The van der Waals surface area contributed by atoms with Gasteiger partial charge in [-0.1, -0.05) is 41.9 Å². The Bertz CT molecular complexity index is 955. The molecule has 26 heavy (non-hydrogen) atoms. The number of aliphatic carboxylic acids is 1. The molecule has 0 aliphatic rings. The van der Waals surface area contributed by atoms with E-state index in [1.54, 1.807) is 54.6 Å². The number of rotatable bonds is 6. The molecule has 7 heteroatoms. The Hall–Kier alpha value is -2.83. The Morgan fingerprint density at radius 2 is 1.85 bits per heavy atom. The number of carboxylic acid groups (broad SMARTS) is 1. The van der Waals surface area contributed by atoms with Gasteiger partial charge in [0, 0.05) is 27.9 Å². The summed E-state index contributed by atoms with van der Waals surface area (Å²) >= 11 is 5.95. The number of nitrogens with one attached hydrogen (secondary N) is 2. The average molecular weight is 373 g/mol. The van der Waals surface area contributed by atoms with E-state index in [-0.39, 0.29) is 18.5 Å². The van der Waals surface area contributed by atoms with Crippen molar-refractivity contribution in [3.8, 4) is 0 Å². The fourth-order valence-electron chi connectivity index (χ4n) is 2.76. The number of aliphatic hydroxyl groups is 1. The molecule has 1 unspecified atom stereocenters. The van der Waals surface area contributed by atoms with E-state index in [0.717, 1.165) is 10.9 Å². The predicted octanol–water partition coefficient (Wildman–Crippen LogP) is 3.26. The third-order valence-corrected chi connectivity index (χ3v) is 4.33. The number of fused-ring (bicyclic) bond motifs is 1. The third-order valence-electron chi connectivity index (χ3n) is 4.10. The van der Waals surface area contributed by atoms with E-state index in [1.807, 2.05) is 0 Å². The summed E-state index contributed by atoms with van der Waals surface area (Å²) in [5.74, 6) is -1.61. The van der Waals surface area contributed by atoms with Crippen LogP contribution >= 0.6 is 11.6 Å². The predicted molar refractivity (Wildman–Crippen MR) is 98.0 cm³/mol. The van der Waals surface area contributed by atoms with Gasteiger partial charge in [0.05, 0.1) is 6.42 Å². The van der Waals surface area contributed by atoms with Gasteiger partial charge < -0.3 is 20.5 Å². The molecule has 0 aliphatic carbocycles. The standard InChI is InChI=1S/C19H17ClN2O4/c20-14-6-7-15-12(10-14)11-16(21-15)18(25)22-19(26,9-8-17(23)24)13-4-2-1-3-5-13/h1-7,10-11,21,26H,8-9H2,(H,22,25)(H,23,24). The molecule has 0 aliphatic heterocycles. The summed E-state index contributed by atoms with van der Waals surface area (Å²) in [5, 5.41) is 23.8. The van der Waals surface area contributed by atoms with Crippen LogP contribution in [0.2, 0.25) is 5.02 Å². The second-order valence-electron chi connectivity index (χ2n) is 5.99. The fourth-order valence-corrected chi connectivity index (χ4v) is 2.94. The van der Waals surface area contributed by atoms with Crippen LogP contribution in [0.5, 0.6) is 0 Å². The minimum atomic E-state index is -1.80. The minimum Gasteiger partial charge on any atom is -0.481 e. The number of hydrogen-bond acceptors (Lipinski definition) is 3. The van der Waals surface area contributed by atoms with Crippen LogP contribution in [0.1, 0.15) is 28.9 Å². The van der Waals surface area contributed by atoms with Gasteiger partial charge in [0.15, 0.2) is 5.72 Å². The van der Waals surface area contributed by atoms with E-state index in [1.165, 1.54) is 0 Å². The Kier molecular flexibility index (Phi) is 4.97. The maximum atomic E-state index is 12.7. The number of benzene rings is 2. The monoisotopic (exact) mass is 372 g/mol. The Morgan fingerprint density at radius 1 is 1.12 bits per heavy atom. The lowest BCUT2D eigenvalue weighted by Crippen LogP contribution is -2.46. The zero-order valence-electron chi connectivity index (χ0n) is 13.7. The van der Waals surface area contributed by atoms with Crippen LogP contribution < -0.4 is 5.32 Å². The molecule has 0 fully saturated rings. The topological polar surface area (TPSA) is 102 Å². The number of carbonyl (C=O) groups is 2. The summed E-state index contributed by atoms with van der Waals surface area (Å²) in [6.07, 6.45) is -0.460. The Morgan fingerprint density at radius 3 is 2.54 bits per heavy atom. The van der Waals surface area contributed by atoms with Crippen molar-refractivity contribution in [1.29, 1.82) is 0 Å². The van der Waals surface area contributed by atoms with Crippen molar-refractivity contribution in [1.82, 2.24) is 10.3 Å². The minimum absolute atomic E-state index is 0.163. The molecule has 0 spiro atoms. The van der Waals surface area contributed by atoms with Gasteiger partial charge >= 0.3 is 5.97 Å². The summed E-state index contributed by atoms with van der Waals surface area (Å²) in [6, 6.07) is 15.2. The van der Waals surface area contributed by atoms with Crippen molar-refractivity contribution < 1.29 is 19.8 Å². The van der Waals surface area contributed by atoms with Crippen LogP contribution in [-0.2, 0) is 10.5 Å². The summed E-state index contributed by atoms with van der Waals surface area (Å²) in [6.45, 7) is 0. The van der Waals surface area contributed by atoms with Crippen LogP contribution in [0.15, 0.2) is 54.6 Å². The summed E-state index contributed by atoms with van der Waals surface area (Å²) < 4.78 is 0. The molecule has 1 aromatic heterocycles. The van der Waals surface area contributed by atoms with Gasteiger partial charge in [-0.2, -0.15) is 0 Å². The molecule has 3 aromatic rings. The lowest BCUT2D eigenvalue weighted by atomic mass is 9.97. The molecule has 6 nitrogen and oxygen atoms in total. The normalized spacial score (nSPS) is 13.3. The quantitative estimate of drug-likeness (QED) is 0.499. The largest absolute Gasteiger partial charge is 0.481 e. The van der Waals surface area contributed by atoms with Gasteiger partial charge in [0.25, 0.3) is 5.91 Å². The van der Waals surface area contributed by atoms with Crippen LogP contribution in [-0.4, -0.2) is 27.1 Å². The average Bonchev–Trinajstić information content (AvgIpc) is 3.04. The fraction of sp³-hybridized carbons (Fsp3) is 0.158. The van der Waals surface area contributed by atoms with Gasteiger partial charge in [-0.3, -0.25) is 9.59 Å². The first-order valence-electron chi connectivity index (χ1n) is 7.98. The Balaban J connectivity index is 1.89. The highest BCUT2D eigenvalue weighted by Crippen LogP contribution is 2.25. The first-order valence-corrected chi connectivity index (χ1v) is 8.36. The lowest BCUT2D eigenvalue weighted by Gasteiger charge is -2.29. The van der Waals surface area contributed by atoms with Gasteiger partial charge in [0.2, 0.25) is 0 Å². The molecule has 4 N–H and O–H groups in total. The van der Waals surface area contributed by atoms with Crippen LogP contribution in [0, 0.1) is 0 Å². The van der Waals surface area contributed by atoms with Crippen LogP contribution in [0.25, 0.3) is 10.9 Å². The number of carboxylic acids is 1. The van der Waals surface area contributed by atoms with Crippen LogP contribution in [0.3, 0.4) is 0 Å². The van der Waals surface area contributed by atoms with Crippen molar-refractivity contribution in [3.05, 3.63) is 70.9 Å². The molecule has 1 heterocycles. The van der Waals surface area contributed by atoms with Crippen molar-refractivity contribution in [3.63, 3.8) is 0 Å². The molecule has 3 rings (SSSR count). The zero-order chi connectivity index (χ0) is 18.7. The number of aromatic amines is 1. The molecule has 2 aromatic carbocycles. The highest BCUT2D eigenvalue weighted by Gasteiger charge is 2.32. The van der Waals surface area contributed by atoms with E-state index in [0.29, 0.717) is 10.6 Å². The second-order valence-corrected chi connectivity index (χ2v) is 6.43. The number of aromatic nitrogens is 1. The van der Waals surface area contributed by atoms with E-state index in [2.05, 4.69) is 10.3 Å². The van der Waals surface area contributed by atoms with Crippen molar-refractivity contribution in [2.75, 3.05) is 0 Å².